The monoisotopic (exact) mass is 601 g/mol. The molecule has 2 N–H and O–H groups in total. The van der Waals surface area contributed by atoms with Crippen LogP contribution in [0, 0.1) is 40.4 Å². The van der Waals surface area contributed by atoms with Gasteiger partial charge in [-0.1, -0.05) is 6.92 Å². The summed E-state index contributed by atoms with van der Waals surface area (Å²) in [5.41, 5.74) is -1.80. The maximum Gasteiger partial charge on any atom is 0.338 e. The summed E-state index contributed by atoms with van der Waals surface area (Å²) >= 11 is 0. The highest BCUT2D eigenvalue weighted by Crippen LogP contribution is 2.79. The quantitative estimate of drug-likeness (QED) is 0.407. The largest absolute Gasteiger partial charge is 0.497 e. The Kier molecular flexibility index (Phi) is 7.21. The molecule has 7 rings (SSSR count). The standard InChI is InChI=1S/C33H47NO9/c1-7-34-15-31(16-38-2)22(35)13-23(41-5)33-20-12-19-21(40-4)14-32(37,25(29(33)34)27(42-6)28(31)33)24(20)26(19)43-30(36)17-8-10-18(39-3)11-9-17/h8-11,19-29,35,37H,7,12-16H2,1-6H3/t19-,20+,21-,22-,23+,24+,25+,26-,27-,28+,29+,31-,32+,33-/m0/s1. The third-order valence-electron chi connectivity index (χ3n) is 13.0. The molecule has 1 heterocycles. The summed E-state index contributed by atoms with van der Waals surface area (Å²) in [5, 5.41) is 25.1. The fourth-order valence-electron chi connectivity index (χ4n) is 12.0. The van der Waals surface area contributed by atoms with E-state index in [0.29, 0.717) is 37.3 Å². The van der Waals surface area contributed by atoms with Gasteiger partial charge in [0.15, 0.2) is 0 Å². The Morgan fingerprint density at radius 1 is 1.00 bits per heavy atom. The summed E-state index contributed by atoms with van der Waals surface area (Å²) in [6, 6.07) is 6.91. The van der Waals surface area contributed by atoms with E-state index in [1.807, 2.05) is 0 Å². The first-order chi connectivity index (χ1) is 20.7. The number of carbonyl (C=O) groups excluding carboxylic acids is 1. The molecule has 43 heavy (non-hydrogen) atoms. The number of hydrogen-bond acceptors (Lipinski definition) is 10. The minimum Gasteiger partial charge on any atom is -0.497 e. The molecule has 6 aliphatic rings. The van der Waals surface area contributed by atoms with Gasteiger partial charge < -0.3 is 38.6 Å². The van der Waals surface area contributed by atoms with Crippen molar-refractivity contribution in [2.75, 3.05) is 55.2 Å². The molecule has 0 aromatic heterocycles. The van der Waals surface area contributed by atoms with Crippen LogP contribution < -0.4 is 4.74 Å². The van der Waals surface area contributed by atoms with Crippen LogP contribution in [-0.2, 0) is 23.7 Å². The van der Waals surface area contributed by atoms with E-state index in [9.17, 15) is 15.0 Å². The summed E-state index contributed by atoms with van der Waals surface area (Å²) in [6.45, 7) is 3.98. The van der Waals surface area contributed by atoms with Gasteiger partial charge in [0.25, 0.3) is 0 Å². The van der Waals surface area contributed by atoms with Crippen molar-refractivity contribution in [1.82, 2.24) is 4.90 Å². The summed E-state index contributed by atoms with van der Waals surface area (Å²) < 4.78 is 36.6. The third-order valence-corrected chi connectivity index (χ3v) is 13.0. The molecule has 1 aromatic rings. The van der Waals surface area contributed by atoms with Crippen molar-refractivity contribution < 1.29 is 43.4 Å². The van der Waals surface area contributed by atoms with Gasteiger partial charge in [-0.2, -0.15) is 0 Å². The molecule has 0 radical (unpaired) electrons. The second kappa shape index (κ2) is 10.4. The van der Waals surface area contributed by atoms with Crippen LogP contribution in [0.15, 0.2) is 24.3 Å². The highest BCUT2D eigenvalue weighted by molar-refractivity contribution is 5.89. The smallest absolute Gasteiger partial charge is 0.338 e. The number of ether oxygens (including phenoxy) is 6. The molecule has 0 unspecified atom stereocenters. The Bertz CT molecular complexity index is 1230. The van der Waals surface area contributed by atoms with Crippen molar-refractivity contribution in [3.05, 3.63) is 29.8 Å². The Morgan fingerprint density at radius 3 is 2.35 bits per heavy atom. The number of esters is 1. The molecule has 5 saturated carbocycles. The fraction of sp³-hybridized carbons (Fsp3) is 0.788. The van der Waals surface area contributed by atoms with E-state index in [4.69, 9.17) is 28.4 Å². The molecule has 10 heteroatoms. The second-order valence-corrected chi connectivity index (χ2v) is 14.0. The number of piperidine rings is 1. The first-order valence-corrected chi connectivity index (χ1v) is 15.8. The van der Waals surface area contributed by atoms with Crippen LogP contribution in [0.25, 0.3) is 0 Å². The lowest BCUT2D eigenvalue weighted by Crippen LogP contribution is -2.78. The third kappa shape index (κ3) is 3.57. The van der Waals surface area contributed by atoms with Crippen molar-refractivity contribution in [3.8, 4) is 5.75 Å². The average molecular weight is 602 g/mol. The minimum absolute atomic E-state index is 0.0200. The Balaban J connectivity index is 1.39. The molecule has 1 aliphatic heterocycles. The van der Waals surface area contributed by atoms with Gasteiger partial charge in [-0.05, 0) is 43.1 Å². The Hall–Kier alpha value is -1.79. The van der Waals surface area contributed by atoms with Gasteiger partial charge in [0, 0.05) is 88.4 Å². The van der Waals surface area contributed by atoms with E-state index >= 15 is 0 Å². The lowest BCUT2D eigenvalue weighted by molar-refractivity contribution is -0.295. The zero-order valence-electron chi connectivity index (χ0n) is 26.1. The molecular formula is C33H47NO9. The maximum absolute atomic E-state index is 13.7. The topological polar surface area (TPSA) is 116 Å². The van der Waals surface area contributed by atoms with Crippen molar-refractivity contribution >= 4 is 5.97 Å². The van der Waals surface area contributed by atoms with Gasteiger partial charge in [-0.15, -0.1) is 0 Å². The van der Waals surface area contributed by atoms with Crippen molar-refractivity contribution in [1.29, 1.82) is 0 Å². The van der Waals surface area contributed by atoms with E-state index in [1.54, 1.807) is 59.8 Å². The fourth-order valence-corrected chi connectivity index (χ4v) is 12.0. The number of likely N-dealkylation sites (tertiary alicyclic amines) is 1. The molecular weight excluding hydrogens is 554 g/mol. The molecule has 6 fully saturated rings. The SMILES string of the molecule is CCN1C[C@@]2(COC)[C@H]3[C@@H](OC)[C@@H]4[C@@H]1[C@@]3([C@@H]1C[C@@H]3[C@H](OC(=O)c5ccc(OC)cc5)[C@@H]1[C@]4(O)C[C@@H]3OC)[C@H](OC)C[C@@H]2O. The summed E-state index contributed by atoms with van der Waals surface area (Å²) in [5.74, 6) is -0.573. The first kappa shape index (κ1) is 29.9. The van der Waals surface area contributed by atoms with Gasteiger partial charge in [0.2, 0.25) is 0 Å². The number of rotatable bonds is 9. The molecule has 5 aliphatic carbocycles. The molecule has 1 spiro atoms. The Morgan fingerprint density at radius 2 is 1.74 bits per heavy atom. The number of fused-ring (bicyclic) bond motifs is 2. The van der Waals surface area contributed by atoms with E-state index in [1.165, 1.54) is 0 Å². The van der Waals surface area contributed by atoms with Gasteiger partial charge in [-0.3, -0.25) is 4.90 Å². The number of hydrogen-bond donors (Lipinski definition) is 2. The van der Waals surface area contributed by atoms with Crippen LogP contribution in [0.3, 0.4) is 0 Å². The molecule has 238 valence electrons. The predicted molar refractivity (Wildman–Crippen MR) is 155 cm³/mol. The molecule has 10 nitrogen and oxygen atoms in total. The highest BCUT2D eigenvalue weighted by atomic mass is 16.6. The van der Waals surface area contributed by atoms with E-state index < -0.39 is 34.6 Å². The van der Waals surface area contributed by atoms with Crippen molar-refractivity contribution in [3.63, 3.8) is 0 Å². The molecule has 1 saturated heterocycles. The minimum atomic E-state index is -1.21. The van der Waals surface area contributed by atoms with Crippen LogP contribution in [0.1, 0.15) is 36.5 Å². The number of methoxy groups -OCH3 is 5. The van der Waals surface area contributed by atoms with Gasteiger partial charge in [0.05, 0.1) is 49.3 Å². The molecule has 14 atom stereocenters. The number of aliphatic hydroxyl groups excluding tert-OH is 1. The maximum atomic E-state index is 13.7. The van der Waals surface area contributed by atoms with Crippen LogP contribution in [-0.4, -0.2) is 118 Å². The zero-order chi connectivity index (χ0) is 30.5. The van der Waals surface area contributed by atoms with E-state index in [-0.39, 0.29) is 53.9 Å². The Labute approximate surface area is 253 Å². The van der Waals surface area contributed by atoms with Crippen LogP contribution in [0.4, 0.5) is 0 Å². The summed E-state index contributed by atoms with van der Waals surface area (Å²) in [7, 11) is 8.47. The average Bonchev–Trinajstić information content (AvgIpc) is 3.45. The molecule has 1 aromatic carbocycles. The van der Waals surface area contributed by atoms with Crippen LogP contribution in [0.2, 0.25) is 0 Å². The normalized spacial score (nSPS) is 49.2. The molecule has 0 amide bonds. The van der Waals surface area contributed by atoms with E-state index in [2.05, 4.69) is 11.8 Å². The summed E-state index contributed by atoms with van der Waals surface area (Å²) in [6.07, 6.45) is -0.383. The highest BCUT2D eigenvalue weighted by Gasteiger charge is 2.87. The number of benzene rings is 1. The van der Waals surface area contributed by atoms with Gasteiger partial charge in [0.1, 0.15) is 11.9 Å². The lowest BCUT2D eigenvalue weighted by Gasteiger charge is -2.70. The van der Waals surface area contributed by atoms with Gasteiger partial charge >= 0.3 is 5.97 Å². The van der Waals surface area contributed by atoms with Crippen LogP contribution >= 0.6 is 0 Å². The van der Waals surface area contributed by atoms with Crippen molar-refractivity contribution in [2.45, 2.75) is 68.3 Å². The number of aliphatic hydroxyl groups is 2. The first-order valence-electron chi connectivity index (χ1n) is 15.8. The van der Waals surface area contributed by atoms with Crippen molar-refractivity contribution in [2.24, 2.45) is 40.4 Å². The summed E-state index contributed by atoms with van der Waals surface area (Å²) in [4.78, 5) is 16.1. The van der Waals surface area contributed by atoms with Gasteiger partial charge in [-0.25, -0.2) is 4.79 Å². The zero-order valence-corrected chi connectivity index (χ0v) is 26.1. The number of nitrogens with zero attached hydrogens (tertiary/aromatic N) is 1. The van der Waals surface area contributed by atoms with Crippen LogP contribution in [0.5, 0.6) is 5.75 Å². The second-order valence-electron chi connectivity index (χ2n) is 14.0. The number of carbonyl (C=O) groups is 1. The lowest BCUT2D eigenvalue weighted by atomic mass is 9.42. The molecule has 7 bridgehead atoms. The predicted octanol–water partition coefficient (Wildman–Crippen LogP) is 2.00. The van der Waals surface area contributed by atoms with E-state index in [0.717, 1.165) is 13.0 Å².